The molecule has 1 aliphatic heterocycles. The number of nitrogens with two attached hydrogens (primary N) is 1. The summed E-state index contributed by atoms with van der Waals surface area (Å²) in [4.78, 5) is 4.49. The first-order valence-electron chi connectivity index (χ1n) is 6.07. The number of fused-ring (bicyclic) bond motifs is 1. The molecule has 1 aromatic carbocycles. The Kier molecular flexibility index (Phi) is 3.27. The predicted octanol–water partition coefficient (Wildman–Crippen LogP) is 2.51. The van der Waals surface area contributed by atoms with Crippen molar-refractivity contribution in [2.24, 2.45) is 5.73 Å². The average molecular weight is 277 g/mol. The van der Waals surface area contributed by atoms with Crippen molar-refractivity contribution < 1.29 is 9.47 Å². The molecule has 3 rings (SSSR count). The number of aromatic nitrogens is 1. The van der Waals surface area contributed by atoms with Gasteiger partial charge in [-0.3, -0.25) is 0 Å². The summed E-state index contributed by atoms with van der Waals surface area (Å²) in [5.74, 6) is 1.54. The normalized spacial score (nSPS) is 14.4. The zero-order valence-corrected chi connectivity index (χ0v) is 11.4. The minimum absolute atomic E-state index is 0.125. The van der Waals surface area contributed by atoms with Crippen LogP contribution in [0.15, 0.2) is 23.6 Å². The molecule has 1 atom stereocenters. The third-order valence-electron chi connectivity index (χ3n) is 2.71. The second-order valence-electron chi connectivity index (χ2n) is 4.52. The van der Waals surface area contributed by atoms with Gasteiger partial charge in [-0.1, -0.05) is 0 Å². The van der Waals surface area contributed by atoms with Gasteiger partial charge in [-0.05, 0) is 19.1 Å². The van der Waals surface area contributed by atoms with Gasteiger partial charge in [-0.25, -0.2) is 4.98 Å². The molecule has 19 heavy (non-hydrogen) atoms. The number of benzene rings is 1. The van der Waals surface area contributed by atoms with Crippen LogP contribution in [0.5, 0.6) is 11.5 Å². The van der Waals surface area contributed by atoms with E-state index in [9.17, 15) is 0 Å². The Morgan fingerprint density at radius 1 is 1.42 bits per heavy atom. The summed E-state index contributed by atoms with van der Waals surface area (Å²) in [7, 11) is 0. The summed E-state index contributed by atoms with van der Waals surface area (Å²) in [6, 6.07) is 5.87. The van der Waals surface area contributed by atoms with E-state index < -0.39 is 0 Å². The number of anilines is 2. The standard InChI is InChI=1S/C13H15N3O2S/c1-8(14)4-10-6-19-13(16-10)15-9-2-3-11-12(5-9)18-7-17-11/h2-3,5-6,8H,4,7,14H2,1H3,(H,15,16). The molecule has 0 fully saturated rings. The van der Waals surface area contributed by atoms with Crippen LogP contribution in [0.3, 0.4) is 0 Å². The van der Waals surface area contributed by atoms with E-state index >= 15 is 0 Å². The van der Waals surface area contributed by atoms with E-state index in [0.717, 1.165) is 34.4 Å². The van der Waals surface area contributed by atoms with E-state index in [1.165, 1.54) is 0 Å². The molecule has 2 aromatic rings. The molecule has 1 unspecified atom stereocenters. The quantitative estimate of drug-likeness (QED) is 0.898. The Morgan fingerprint density at radius 2 is 2.26 bits per heavy atom. The lowest BCUT2D eigenvalue weighted by atomic mass is 10.2. The van der Waals surface area contributed by atoms with Crippen LogP contribution in [-0.2, 0) is 6.42 Å². The molecule has 0 bridgehead atoms. The fraction of sp³-hybridized carbons (Fsp3) is 0.308. The van der Waals surface area contributed by atoms with Gasteiger partial charge in [0.15, 0.2) is 16.6 Å². The molecule has 0 saturated carbocycles. The summed E-state index contributed by atoms with van der Waals surface area (Å²) in [5, 5.41) is 6.14. The van der Waals surface area contributed by atoms with Gasteiger partial charge in [0.25, 0.3) is 0 Å². The van der Waals surface area contributed by atoms with Gasteiger partial charge in [0.1, 0.15) is 0 Å². The molecular formula is C13H15N3O2S. The van der Waals surface area contributed by atoms with Gasteiger partial charge in [-0.2, -0.15) is 0 Å². The first-order valence-corrected chi connectivity index (χ1v) is 6.95. The van der Waals surface area contributed by atoms with Crippen LogP contribution < -0.4 is 20.5 Å². The predicted molar refractivity (Wildman–Crippen MR) is 75.3 cm³/mol. The molecule has 1 aromatic heterocycles. The summed E-state index contributed by atoms with van der Waals surface area (Å²) in [6.07, 6.45) is 0.791. The monoisotopic (exact) mass is 277 g/mol. The maximum Gasteiger partial charge on any atom is 0.231 e. The smallest absolute Gasteiger partial charge is 0.231 e. The van der Waals surface area contributed by atoms with Crippen LogP contribution in [0.1, 0.15) is 12.6 Å². The maximum absolute atomic E-state index is 5.76. The third-order valence-corrected chi connectivity index (χ3v) is 3.51. The van der Waals surface area contributed by atoms with Crippen LogP contribution in [0, 0.1) is 0 Å². The van der Waals surface area contributed by atoms with Crippen molar-refractivity contribution in [2.75, 3.05) is 12.1 Å². The van der Waals surface area contributed by atoms with Crippen molar-refractivity contribution >= 4 is 22.2 Å². The highest BCUT2D eigenvalue weighted by atomic mass is 32.1. The highest BCUT2D eigenvalue weighted by Crippen LogP contribution is 2.35. The Balaban J connectivity index is 1.72. The van der Waals surface area contributed by atoms with Crippen LogP contribution in [0.25, 0.3) is 0 Å². The van der Waals surface area contributed by atoms with Gasteiger partial charge in [0.05, 0.1) is 5.69 Å². The minimum Gasteiger partial charge on any atom is -0.454 e. The van der Waals surface area contributed by atoms with Crippen molar-refractivity contribution in [1.29, 1.82) is 0 Å². The Bertz CT molecular complexity index is 583. The fourth-order valence-electron chi connectivity index (χ4n) is 1.89. The lowest BCUT2D eigenvalue weighted by Gasteiger charge is -2.04. The lowest BCUT2D eigenvalue weighted by Crippen LogP contribution is -2.17. The van der Waals surface area contributed by atoms with Crippen LogP contribution in [0.4, 0.5) is 10.8 Å². The zero-order chi connectivity index (χ0) is 13.2. The fourth-order valence-corrected chi connectivity index (χ4v) is 2.63. The van der Waals surface area contributed by atoms with E-state index in [-0.39, 0.29) is 12.8 Å². The molecule has 3 N–H and O–H groups in total. The van der Waals surface area contributed by atoms with E-state index in [4.69, 9.17) is 15.2 Å². The number of hydrogen-bond donors (Lipinski definition) is 2. The van der Waals surface area contributed by atoms with E-state index in [1.807, 2.05) is 30.5 Å². The second kappa shape index (κ2) is 5.07. The molecule has 0 amide bonds. The molecule has 5 nitrogen and oxygen atoms in total. The number of rotatable bonds is 4. The molecule has 6 heteroatoms. The molecule has 1 aliphatic rings. The Morgan fingerprint density at radius 3 is 3.11 bits per heavy atom. The number of ether oxygens (including phenoxy) is 2. The Hall–Kier alpha value is -1.79. The molecule has 0 radical (unpaired) electrons. The van der Waals surface area contributed by atoms with Crippen molar-refractivity contribution in [1.82, 2.24) is 4.98 Å². The summed E-state index contributed by atoms with van der Waals surface area (Å²) in [6.45, 7) is 2.26. The van der Waals surface area contributed by atoms with Gasteiger partial charge < -0.3 is 20.5 Å². The third kappa shape index (κ3) is 2.80. The second-order valence-corrected chi connectivity index (χ2v) is 5.38. The zero-order valence-electron chi connectivity index (χ0n) is 10.6. The molecule has 0 aliphatic carbocycles. The highest BCUT2D eigenvalue weighted by molar-refractivity contribution is 7.13. The summed E-state index contributed by atoms with van der Waals surface area (Å²) in [5.41, 5.74) is 7.71. The minimum atomic E-state index is 0.125. The SMILES string of the molecule is CC(N)Cc1csc(Nc2ccc3c(c2)OCO3)n1. The largest absolute Gasteiger partial charge is 0.454 e. The molecule has 100 valence electrons. The van der Waals surface area contributed by atoms with Crippen molar-refractivity contribution in [3.05, 3.63) is 29.3 Å². The van der Waals surface area contributed by atoms with Crippen molar-refractivity contribution in [3.63, 3.8) is 0 Å². The van der Waals surface area contributed by atoms with Crippen LogP contribution in [-0.4, -0.2) is 17.8 Å². The summed E-state index contributed by atoms with van der Waals surface area (Å²) < 4.78 is 10.6. The van der Waals surface area contributed by atoms with Crippen molar-refractivity contribution in [3.8, 4) is 11.5 Å². The molecule has 0 spiro atoms. The average Bonchev–Trinajstić information content (AvgIpc) is 2.97. The van der Waals surface area contributed by atoms with E-state index in [1.54, 1.807) is 11.3 Å². The molecule has 2 heterocycles. The Labute approximate surface area is 115 Å². The highest BCUT2D eigenvalue weighted by Gasteiger charge is 2.13. The molecule has 0 saturated heterocycles. The van der Waals surface area contributed by atoms with Crippen LogP contribution in [0.2, 0.25) is 0 Å². The first-order chi connectivity index (χ1) is 9.20. The summed E-state index contributed by atoms with van der Waals surface area (Å²) >= 11 is 1.57. The van der Waals surface area contributed by atoms with E-state index in [0.29, 0.717) is 0 Å². The molecular weight excluding hydrogens is 262 g/mol. The van der Waals surface area contributed by atoms with Gasteiger partial charge in [-0.15, -0.1) is 11.3 Å². The number of nitrogens with zero attached hydrogens (tertiary/aromatic N) is 1. The van der Waals surface area contributed by atoms with Gasteiger partial charge in [0, 0.05) is 29.6 Å². The topological polar surface area (TPSA) is 69.4 Å². The number of thiazole rings is 1. The van der Waals surface area contributed by atoms with Crippen LogP contribution >= 0.6 is 11.3 Å². The van der Waals surface area contributed by atoms with Crippen molar-refractivity contribution in [2.45, 2.75) is 19.4 Å². The maximum atomic E-state index is 5.76. The number of nitrogens with one attached hydrogen (secondary N) is 1. The first kappa shape index (κ1) is 12.3. The lowest BCUT2D eigenvalue weighted by molar-refractivity contribution is 0.174. The van der Waals surface area contributed by atoms with Gasteiger partial charge >= 0.3 is 0 Å². The van der Waals surface area contributed by atoms with E-state index in [2.05, 4.69) is 10.3 Å². The van der Waals surface area contributed by atoms with Gasteiger partial charge in [0.2, 0.25) is 6.79 Å². The number of hydrogen-bond acceptors (Lipinski definition) is 6.